The number of halogens is 1. The Labute approximate surface area is 123 Å². The average Bonchev–Trinajstić information content (AvgIpc) is 2.87. The highest BCUT2D eigenvalue weighted by Gasteiger charge is 2.19. The molecule has 108 valence electrons. The number of fused-ring (bicyclic) bond motifs is 1. The summed E-state index contributed by atoms with van der Waals surface area (Å²) in [6.07, 6.45) is 1.76. The molecule has 0 spiro atoms. The van der Waals surface area contributed by atoms with Crippen LogP contribution in [0.15, 0.2) is 53.1 Å². The molecule has 21 heavy (non-hydrogen) atoms. The van der Waals surface area contributed by atoms with E-state index >= 15 is 0 Å². The van der Waals surface area contributed by atoms with Gasteiger partial charge in [0.25, 0.3) is 0 Å². The summed E-state index contributed by atoms with van der Waals surface area (Å²) in [5.74, 6) is -0.208. The fourth-order valence-corrected chi connectivity index (χ4v) is 2.76. The highest BCUT2D eigenvalue weighted by molar-refractivity contribution is 5.81. The van der Waals surface area contributed by atoms with Gasteiger partial charge in [-0.3, -0.25) is 0 Å². The molecule has 0 fully saturated rings. The standard InChI is InChI=1S/C18H18FNO/c1-3-20-18(13-8-12(2)9-14(19)10-13)16-11-21-17-7-5-4-6-15(16)17/h4-11,18,20H,3H2,1-2H3. The van der Waals surface area contributed by atoms with Crippen molar-refractivity contribution in [1.82, 2.24) is 5.32 Å². The third kappa shape index (κ3) is 2.69. The van der Waals surface area contributed by atoms with Crippen LogP contribution in [0.5, 0.6) is 0 Å². The molecule has 0 amide bonds. The Morgan fingerprint density at radius 3 is 2.76 bits per heavy atom. The van der Waals surface area contributed by atoms with Crippen LogP contribution in [0.1, 0.15) is 29.7 Å². The molecule has 0 saturated heterocycles. The summed E-state index contributed by atoms with van der Waals surface area (Å²) in [5.41, 5.74) is 3.72. The Kier molecular flexibility index (Phi) is 3.76. The Morgan fingerprint density at radius 2 is 2.00 bits per heavy atom. The second kappa shape index (κ2) is 5.70. The number of hydrogen-bond donors (Lipinski definition) is 1. The summed E-state index contributed by atoms with van der Waals surface area (Å²) < 4.78 is 19.4. The van der Waals surface area contributed by atoms with Crippen molar-refractivity contribution < 1.29 is 8.81 Å². The lowest BCUT2D eigenvalue weighted by atomic mass is 9.96. The molecule has 1 atom stereocenters. The van der Waals surface area contributed by atoms with E-state index in [9.17, 15) is 4.39 Å². The van der Waals surface area contributed by atoms with E-state index in [2.05, 4.69) is 5.32 Å². The Morgan fingerprint density at radius 1 is 1.19 bits per heavy atom. The third-order valence-corrected chi connectivity index (χ3v) is 3.63. The van der Waals surface area contributed by atoms with Crippen LogP contribution in [0.4, 0.5) is 4.39 Å². The number of rotatable bonds is 4. The zero-order valence-corrected chi connectivity index (χ0v) is 12.2. The quantitative estimate of drug-likeness (QED) is 0.758. The maximum absolute atomic E-state index is 13.7. The van der Waals surface area contributed by atoms with Crippen molar-refractivity contribution in [3.8, 4) is 0 Å². The van der Waals surface area contributed by atoms with Gasteiger partial charge >= 0.3 is 0 Å². The smallest absolute Gasteiger partial charge is 0.134 e. The van der Waals surface area contributed by atoms with Gasteiger partial charge in [-0.2, -0.15) is 0 Å². The minimum Gasteiger partial charge on any atom is -0.464 e. The zero-order valence-electron chi connectivity index (χ0n) is 12.2. The molecule has 3 aromatic rings. The van der Waals surface area contributed by atoms with Crippen LogP contribution >= 0.6 is 0 Å². The normalized spacial score (nSPS) is 12.7. The van der Waals surface area contributed by atoms with Crippen molar-refractivity contribution in [2.24, 2.45) is 0 Å². The van der Waals surface area contributed by atoms with Gasteiger partial charge in [0.05, 0.1) is 12.3 Å². The molecule has 2 aromatic carbocycles. The van der Waals surface area contributed by atoms with Gasteiger partial charge in [0.2, 0.25) is 0 Å². The lowest BCUT2D eigenvalue weighted by Gasteiger charge is -2.18. The van der Waals surface area contributed by atoms with E-state index in [0.717, 1.165) is 34.2 Å². The number of benzene rings is 2. The molecule has 3 heteroatoms. The summed E-state index contributed by atoms with van der Waals surface area (Å²) in [7, 11) is 0. The maximum atomic E-state index is 13.7. The molecule has 0 aliphatic heterocycles. The first-order valence-electron chi connectivity index (χ1n) is 7.15. The van der Waals surface area contributed by atoms with Crippen molar-refractivity contribution in [3.63, 3.8) is 0 Å². The number of aryl methyl sites for hydroxylation is 1. The summed E-state index contributed by atoms with van der Waals surface area (Å²) in [5, 5.41) is 4.48. The monoisotopic (exact) mass is 283 g/mol. The maximum Gasteiger partial charge on any atom is 0.134 e. The van der Waals surface area contributed by atoms with E-state index in [1.807, 2.05) is 44.2 Å². The molecule has 1 aromatic heterocycles. The van der Waals surface area contributed by atoms with E-state index in [-0.39, 0.29) is 11.9 Å². The molecule has 0 saturated carbocycles. The fourth-order valence-electron chi connectivity index (χ4n) is 2.76. The predicted molar refractivity (Wildman–Crippen MR) is 82.9 cm³/mol. The fraction of sp³-hybridized carbons (Fsp3) is 0.222. The van der Waals surface area contributed by atoms with Gasteiger partial charge < -0.3 is 9.73 Å². The molecule has 0 bridgehead atoms. The highest BCUT2D eigenvalue weighted by atomic mass is 19.1. The zero-order chi connectivity index (χ0) is 14.8. The SMILES string of the molecule is CCNC(c1cc(C)cc(F)c1)c1coc2ccccc12. The van der Waals surface area contributed by atoms with Crippen LogP contribution in [0.25, 0.3) is 11.0 Å². The first kappa shape index (κ1) is 13.8. The second-order valence-electron chi connectivity index (χ2n) is 5.24. The van der Waals surface area contributed by atoms with Crippen molar-refractivity contribution in [3.05, 3.63) is 71.2 Å². The van der Waals surface area contributed by atoms with E-state index in [0.29, 0.717) is 0 Å². The minimum atomic E-state index is -0.208. The minimum absolute atomic E-state index is 0.0759. The van der Waals surface area contributed by atoms with Gasteiger partial charge in [-0.15, -0.1) is 0 Å². The first-order valence-corrected chi connectivity index (χ1v) is 7.15. The Balaban J connectivity index is 2.13. The topological polar surface area (TPSA) is 25.2 Å². The number of furan rings is 1. The van der Waals surface area contributed by atoms with Crippen molar-refractivity contribution in [2.75, 3.05) is 6.54 Å². The lowest BCUT2D eigenvalue weighted by Crippen LogP contribution is -2.22. The van der Waals surface area contributed by atoms with Crippen LogP contribution in [-0.4, -0.2) is 6.54 Å². The van der Waals surface area contributed by atoms with Gasteiger partial charge in [0.1, 0.15) is 11.4 Å². The van der Waals surface area contributed by atoms with Crippen LogP contribution in [-0.2, 0) is 0 Å². The van der Waals surface area contributed by atoms with Crippen molar-refractivity contribution >= 4 is 11.0 Å². The molecule has 3 rings (SSSR count). The molecule has 1 N–H and O–H groups in total. The largest absolute Gasteiger partial charge is 0.464 e. The molecule has 2 nitrogen and oxygen atoms in total. The molecule has 1 heterocycles. The number of nitrogens with one attached hydrogen (secondary N) is 1. The van der Waals surface area contributed by atoms with Crippen LogP contribution in [0.3, 0.4) is 0 Å². The summed E-state index contributed by atoms with van der Waals surface area (Å²) >= 11 is 0. The van der Waals surface area contributed by atoms with Gasteiger partial charge in [-0.1, -0.05) is 31.2 Å². The summed E-state index contributed by atoms with van der Waals surface area (Å²) in [4.78, 5) is 0. The summed E-state index contributed by atoms with van der Waals surface area (Å²) in [6, 6.07) is 13.0. The van der Waals surface area contributed by atoms with Gasteiger partial charge in [-0.25, -0.2) is 4.39 Å². The Bertz CT molecular complexity index is 743. The number of hydrogen-bond acceptors (Lipinski definition) is 2. The summed E-state index contributed by atoms with van der Waals surface area (Å²) in [6.45, 7) is 4.74. The lowest BCUT2D eigenvalue weighted by molar-refractivity contribution is 0.578. The van der Waals surface area contributed by atoms with E-state index < -0.39 is 0 Å². The van der Waals surface area contributed by atoms with Gasteiger partial charge in [0, 0.05) is 10.9 Å². The van der Waals surface area contributed by atoms with E-state index in [1.54, 1.807) is 18.4 Å². The highest BCUT2D eigenvalue weighted by Crippen LogP contribution is 2.31. The van der Waals surface area contributed by atoms with Crippen LogP contribution < -0.4 is 5.32 Å². The van der Waals surface area contributed by atoms with E-state index in [4.69, 9.17) is 4.42 Å². The molecular weight excluding hydrogens is 265 g/mol. The van der Waals surface area contributed by atoms with Crippen molar-refractivity contribution in [2.45, 2.75) is 19.9 Å². The number of para-hydroxylation sites is 1. The molecule has 1 unspecified atom stereocenters. The van der Waals surface area contributed by atoms with Gasteiger partial charge in [0.15, 0.2) is 0 Å². The third-order valence-electron chi connectivity index (χ3n) is 3.63. The molecule has 0 aliphatic rings. The van der Waals surface area contributed by atoms with E-state index in [1.165, 1.54) is 0 Å². The predicted octanol–water partition coefficient (Wildman–Crippen LogP) is 4.58. The Hall–Kier alpha value is -2.13. The van der Waals surface area contributed by atoms with Crippen LogP contribution in [0, 0.1) is 12.7 Å². The van der Waals surface area contributed by atoms with Gasteiger partial charge in [-0.05, 0) is 42.8 Å². The van der Waals surface area contributed by atoms with Crippen molar-refractivity contribution in [1.29, 1.82) is 0 Å². The molecular formula is C18H18FNO. The second-order valence-corrected chi connectivity index (χ2v) is 5.24. The molecule has 0 radical (unpaired) electrons. The average molecular weight is 283 g/mol. The first-order chi connectivity index (χ1) is 10.2. The van der Waals surface area contributed by atoms with Crippen LogP contribution in [0.2, 0.25) is 0 Å². The molecule has 0 aliphatic carbocycles.